The van der Waals surface area contributed by atoms with Gasteiger partial charge in [-0.2, -0.15) is 79.0 Å². The van der Waals surface area contributed by atoms with E-state index in [2.05, 4.69) is 0 Å². The second-order valence-corrected chi connectivity index (χ2v) is 10.1. The maximum absolute atomic E-state index is 14.7. The van der Waals surface area contributed by atoms with Crippen LogP contribution >= 0.6 is 0 Å². The molecule has 2 rings (SSSR count). The molecular formula is C25H18F19NO6. The molecule has 2 unspecified atom stereocenters. The first-order valence-corrected chi connectivity index (χ1v) is 13.1. The predicted octanol–water partition coefficient (Wildman–Crippen LogP) is 8.27. The number of hydrogen-bond acceptors (Lipinski definition) is 6. The summed E-state index contributed by atoms with van der Waals surface area (Å²) in [6.45, 7) is 0.139. The van der Waals surface area contributed by atoms with Gasteiger partial charge in [0.05, 0.1) is 6.61 Å². The molecule has 1 N–H and O–H groups in total. The maximum atomic E-state index is 14.7. The Morgan fingerprint density at radius 3 is 1.76 bits per heavy atom. The summed E-state index contributed by atoms with van der Waals surface area (Å²) in [6, 6.07) is 5.43. The van der Waals surface area contributed by atoms with Gasteiger partial charge in [-0.25, -0.2) is 13.9 Å². The molecule has 0 spiro atoms. The normalized spacial score (nSPS) is 16.5. The lowest BCUT2D eigenvalue weighted by Crippen LogP contribution is -2.70. The Morgan fingerprint density at radius 2 is 1.25 bits per heavy atom. The monoisotopic (exact) mass is 789 g/mol. The van der Waals surface area contributed by atoms with Gasteiger partial charge in [0, 0.05) is 24.1 Å². The molecule has 0 fully saturated rings. The number of aryl methyl sites for hydroxylation is 1. The number of unbranched alkanes of at least 4 members (excludes halogenated alkanes) is 2. The number of halogens is 19. The highest BCUT2D eigenvalue weighted by atomic mass is 19.4. The van der Waals surface area contributed by atoms with Crippen LogP contribution in [0.3, 0.4) is 0 Å². The highest BCUT2D eigenvalue weighted by Crippen LogP contribution is 2.57. The Labute approximate surface area is 269 Å². The minimum atomic E-state index is -8.31. The number of rotatable bonds is 15. The zero-order valence-electron chi connectivity index (χ0n) is 24.5. The maximum Gasteiger partial charge on any atom is 0.462 e. The summed E-state index contributed by atoms with van der Waals surface area (Å²) in [7, 11) is 0. The fourth-order valence-electron chi connectivity index (χ4n) is 3.72. The zero-order chi connectivity index (χ0) is 39.9. The van der Waals surface area contributed by atoms with Crippen molar-refractivity contribution in [3.05, 3.63) is 40.2 Å². The van der Waals surface area contributed by atoms with Crippen molar-refractivity contribution >= 4 is 16.9 Å². The number of amides is 1. The Hall–Kier alpha value is -3.71. The van der Waals surface area contributed by atoms with E-state index in [-0.39, 0.29) is 30.8 Å². The molecular weight excluding hydrogens is 771 g/mol. The molecule has 0 aliphatic carbocycles. The Morgan fingerprint density at radius 1 is 0.686 bits per heavy atom. The lowest BCUT2D eigenvalue weighted by Gasteiger charge is -2.40. The average molecular weight is 789 g/mol. The Kier molecular flexibility index (Phi) is 11.9. The predicted molar refractivity (Wildman–Crippen MR) is 127 cm³/mol. The quantitative estimate of drug-likeness (QED) is 0.111. The third-order valence-corrected chi connectivity index (χ3v) is 6.39. The molecule has 7 nitrogen and oxygen atoms in total. The molecule has 26 heteroatoms. The molecule has 1 aromatic heterocycles. The van der Waals surface area contributed by atoms with Crippen molar-refractivity contribution < 1.29 is 107 Å². The number of nitrogens with one attached hydrogen (secondary N) is 1. The number of carbonyl (C=O) groups is 1. The Bertz CT molecular complexity index is 1600. The topological polar surface area (TPSA) is 87.0 Å². The van der Waals surface area contributed by atoms with E-state index in [1.807, 2.05) is 0 Å². The van der Waals surface area contributed by atoms with Gasteiger partial charge in [0.1, 0.15) is 11.3 Å². The zero-order valence-corrected chi connectivity index (χ0v) is 24.5. The standard InChI is InChI=1S/C25H18F19NO6/c1-11-9-15(46)49-14-10-12(5-6-13(11)14)48-8-4-2-3-7-45-16(47)17(26,20(30,31)32)23(39,40)51-25(43,44)19(29,22(36,37)38)50-24(41,42)18(27,28)21(33,34)35/h5-6,9-10H,2-4,7-8H2,1H3,(H,45,47). The second kappa shape index (κ2) is 14.0. The molecule has 0 aliphatic rings. The van der Waals surface area contributed by atoms with E-state index >= 15 is 0 Å². The van der Waals surface area contributed by atoms with E-state index in [0.717, 1.165) is 5.32 Å². The van der Waals surface area contributed by atoms with Crippen molar-refractivity contribution in [2.24, 2.45) is 0 Å². The van der Waals surface area contributed by atoms with Gasteiger partial charge in [0.25, 0.3) is 5.91 Å². The van der Waals surface area contributed by atoms with Crippen LogP contribution < -0.4 is 15.7 Å². The number of hydrogen-bond donors (Lipinski definition) is 1. The minimum absolute atomic E-state index is 0.0642. The van der Waals surface area contributed by atoms with Gasteiger partial charge in [-0.1, -0.05) is 0 Å². The molecule has 0 saturated carbocycles. The lowest BCUT2D eigenvalue weighted by atomic mass is 10.0. The summed E-state index contributed by atoms with van der Waals surface area (Å²) in [6.07, 6.45) is -48.3. The molecule has 2 aromatic rings. The average Bonchev–Trinajstić information content (AvgIpc) is 2.92. The second-order valence-electron chi connectivity index (χ2n) is 10.1. The molecule has 0 radical (unpaired) electrons. The van der Waals surface area contributed by atoms with E-state index in [1.165, 1.54) is 29.0 Å². The fourth-order valence-corrected chi connectivity index (χ4v) is 3.72. The van der Waals surface area contributed by atoms with Gasteiger partial charge in [0.15, 0.2) is 0 Å². The molecule has 0 aliphatic heterocycles. The van der Waals surface area contributed by atoms with Gasteiger partial charge in [-0.15, -0.1) is 0 Å². The molecule has 292 valence electrons. The van der Waals surface area contributed by atoms with Crippen LogP contribution in [0.2, 0.25) is 0 Å². The van der Waals surface area contributed by atoms with Crippen LogP contribution in [0, 0.1) is 6.92 Å². The molecule has 0 bridgehead atoms. The largest absolute Gasteiger partial charge is 0.493 e. The number of benzene rings is 1. The smallest absolute Gasteiger partial charge is 0.462 e. The van der Waals surface area contributed by atoms with Crippen LogP contribution in [0.25, 0.3) is 11.0 Å². The van der Waals surface area contributed by atoms with Gasteiger partial charge < -0.3 is 14.5 Å². The van der Waals surface area contributed by atoms with Gasteiger partial charge >= 0.3 is 59.9 Å². The van der Waals surface area contributed by atoms with Crippen LogP contribution in [0.1, 0.15) is 24.8 Å². The van der Waals surface area contributed by atoms with Crippen LogP contribution in [-0.4, -0.2) is 73.4 Å². The summed E-state index contributed by atoms with van der Waals surface area (Å²) in [5.74, 6) is -19.9. The van der Waals surface area contributed by atoms with Gasteiger partial charge in [-0.3, -0.25) is 9.53 Å². The number of ether oxygens (including phenoxy) is 3. The van der Waals surface area contributed by atoms with Crippen molar-refractivity contribution in [1.82, 2.24) is 5.32 Å². The summed E-state index contributed by atoms with van der Waals surface area (Å²) < 4.78 is 267. The van der Waals surface area contributed by atoms with E-state index < -0.39 is 78.8 Å². The van der Waals surface area contributed by atoms with Crippen LogP contribution in [0.15, 0.2) is 33.5 Å². The third-order valence-electron chi connectivity index (χ3n) is 6.39. The van der Waals surface area contributed by atoms with Gasteiger partial charge in [-0.05, 0) is 43.9 Å². The van der Waals surface area contributed by atoms with Crippen molar-refractivity contribution in [3.63, 3.8) is 0 Å². The van der Waals surface area contributed by atoms with Gasteiger partial charge in [0.2, 0.25) is 0 Å². The van der Waals surface area contributed by atoms with Crippen molar-refractivity contribution in [2.45, 2.75) is 80.5 Å². The van der Waals surface area contributed by atoms with E-state index in [9.17, 15) is 93.0 Å². The summed E-state index contributed by atoms with van der Waals surface area (Å²) in [5.41, 5.74) is -7.27. The third kappa shape index (κ3) is 8.51. The van der Waals surface area contributed by atoms with Crippen molar-refractivity contribution in [1.29, 1.82) is 0 Å². The van der Waals surface area contributed by atoms with E-state index in [1.54, 1.807) is 11.7 Å². The lowest BCUT2D eigenvalue weighted by molar-refractivity contribution is -0.556. The molecule has 2 atom stereocenters. The first-order chi connectivity index (χ1) is 22.7. The number of carbonyl (C=O) groups excluding carboxylic acids is 1. The SMILES string of the molecule is Cc1cc(=O)oc2cc(OCCCCCNC(=O)C(F)(C(F)(F)F)C(F)(F)OC(F)(F)C(F)(OC(F)(F)C(F)(F)C(F)(F)F)C(F)(F)F)ccc12. The number of fused-ring (bicyclic) bond motifs is 1. The van der Waals surface area contributed by atoms with Crippen molar-refractivity contribution in [2.75, 3.05) is 13.2 Å². The molecule has 0 saturated heterocycles. The number of alkyl halides is 19. The highest BCUT2D eigenvalue weighted by Gasteiger charge is 2.87. The van der Waals surface area contributed by atoms with Crippen LogP contribution in [0.4, 0.5) is 83.4 Å². The first kappa shape index (κ1) is 43.5. The van der Waals surface area contributed by atoms with E-state index in [0.29, 0.717) is 10.9 Å². The van der Waals surface area contributed by atoms with Crippen LogP contribution in [-0.2, 0) is 14.3 Å². The molecule has 51 heavy (non-hydrogen) atoms. The van der Waals surface area contributed by atoms with Crippen LogP contribution in [0.5, 0.6) is 5.75 Å². The summed E-state index contributed by atoms with van der Waals surface area (Å²) in [5, 5.41) is 1.32. The van der Waals surface area contributed by atoms with Crippen molar-refractivity contribution in [3.8, 4) is 5.75 Å². The minimum Gasteiger partial charge on any atom is -0.493 e. The summed E-state index contributed by atoms with van der Waals surface area (Å²) in [4.78, 5) is 23.3. The first-order valence-electron chi connectivity index (χ1n) is 13.1. The Balaban J connectivity index is 2.18. The molecule has 1 heterocycles. The van der Waals surface area contributed by atoms with E-state index in [4.69, 9.17) is 9.15 Å². The molecule has 1 amide bonds. The highest BCUT2D eigenvalue weighted by molar-refractivity contribution is 5.87. The fraction of sp³-hybridized carbons (Fsp3) is 0.600. The molecule has 1 aromatic carbocycles. The summed E-state index contributed by atoms with van der Waals surface area (Å²) >= 11 is 0.